The molecule has 3 atom stereocenters. The van der Waals surface area contributed by atoms with Crippen LogP contribution in [0.3, 0.4) is 0 Å². The molecule has 2 saturated heterocycles. The predicted octanol–water partition coefficient (Wildman–Crippen LogP) is 3.40. The Morgan fingerprint density at radius 2 is 2.19 bits per heavy atom. The number of carbonyl (C=O) groups is 1. The minimum atomic E-state index is -0.336. The fourth-order valence-corrected chi connectivity index (χ4v) is 6.27. The van der Waals surface area contributed by atoms with Gasteiger partial charge in [-0.25, -0.2) is 9.97 Å². The Bertz CT molecular complexity index is 816. The number of thiazole rings is 2. The normalized spacial score (nSPS) is 30.1. The van der Waals surface area contributed by atoms with Crippen molar-refractivity contribution >= 4 is 28.6 Å². The lowest BCUT2D eigenvalue weighted by atomic mass is 9.70. The summed E-state index contributed by atoms with van der Waals surface area (Å²) in [6, 6.07) is 0.785. The van der Waals surface area contributed by atoms with Gasteiger partial charge >= 0.3 is 0 Å². The Hall–Kier alpha value is -1.31. The van der Waals surface area contributed by atoms with Crippen molar-refractivity contribution in [3.8, 4) is 0 Å². The van der Waals surface area contributed by atoms with Gasteiger partial charge in [-0.05, 0) is 44.9 Å². The second-order valence-corrected chi connectivity index (χ2v) is 10.2. The fourth-order valence-electron chi connectivity index (χ4n) is 5.11. The van der Waals surface area contributed by atoms with Crippen molar-refractivity contribution in [1.29, 1.82) is 0 Å². The number of aromatic nitrogens is 2. The minimum Gasteiger partial charge on any atom is -0.355 e. The Morgan fingerprint density at radius 3 is 2.89 bits per heavy atom. The molecule has 0 spiro atoms. The summed E-state index contributed by atoms with van der Waals surface area (Å²) in [5.41, 5.74) is 3.77. The van der Waals surface area contributed by atoms with E-state index in [0.29, 0.717) is 18.0 Å². The van der Waals surface area contributed by atoms with Crippen LogP contribution in [-0.4, -0.2) is 39.4 Å². The lowest BCUT2D eigenvalue weighted by molar-refractivity contribution is -0.133. The summed E-state index contributed by atoms with van der Waals surface area (Å²) in [5.74, 6) is 0.965. The molecule has 2 aliphatic heterocycles. The van der Waals surface area contributed by atoms with E-state index in [1.807, 2.05) is 5.51 Å². The Labute approximate surface area is 168 Å². The van der Waals surface area contributed by atoms with Gasteiger partial charge in [0.15, 0.2) is 0 Å². The zero-order valence-corrected chi connectivity index (χ0v) is 17.3. The molecule has 27 heavy (non-hydrogen) atoms. The smallest absolute Gasteiger partial charge is 0.228 e. The van der Waals surface area contributed by atoms with E-state index in [-0.39, 0.29) is 11.3 Å². The van der Waals surface area contributed by atoms with E-state index in [0.717, 1.165) is 48.7 Å². The van der Waals surface area contributed by atoms with Crippen LogP contribution in [0.2, 0.25) is 0 Å². The first-order valence-corrected chi connectivity index (χ1v) is 11.8. The molecular weight excluding hydrogens is 376 g/mol. The monoisotopic (exact) mass is 402 g/mol. The summed E-state index contributed by atoms with van der Waals surface area (Å²) in [4.78, 5) is 25.2. The summed E-state index contributed by atoms with van der Waals surface area (Å²) >= 11 is 3.34. The van der Waals surface area contributed by atoms with Crippen molar-refractivity contribution in [2.75, 3.05) is 6.54 Å². The van der Waals surface area contributed by atoms with Crippen molar-refractivity contribution in [3.63, 3.8) is 0 Å². The molecule has 2 aromatic rings. The van der Waals surface area contributed by atoms with Gasteiger partial charge in [0.25, 0.3) is 0 Å². The number of amides is 1. The first-order chi connectivity index (χ1) is 13.1. The van der Waals surface area contributed by atoms with E-state index in [2.05, 4.69) is 37.9 Å². The summed E-state index contributed by atoms with van der Waals surface area (Å²) in [7, 11) is 0. The maximum absolute atomic E-state index is 13.4. The molecule has 4 heterocycles. The highest BCUT2D eigenvalue weighted by Gasteiger charge is 2.59. The first kappa shape index (κ1) is 17.8. The second-order valence-electron chi connectivity index (χ2n) is 8.45. The molecule has 5 rings (SSSR count). The van der Waals surface area contributed by atoms with Crippen LogP contribution in [-0.2, 0) is 17.8 Å². The maximum Gasteiger partial charge on any atom is 0.228 e. The van der Waals surface area contributed by atoms with E-state index in [1.165, 1.54) is 19.3 Å². The van der Waals surface area contributed by atoms with Gasteiger partial charge in [0.05, 0.1) is 27.3 Å². The first-order valence-electron chi connectivity index (χ1n) is 9.96. The molecule has 0 radical (unpaired) electrons. The molecule has 144 valence electrons. The topological polar surface area (TPSA) is 58.1 Å². The number of nitrogens with one attached hydrogen (secondary N) is 1. The molecule has 1 amide bonds. The van der Waals surface area contributed by atoms with Crippen LogP contribution in [0.25, 0.3) is 0 Å². The molecule has 3 aliphatic rings. The molecule has 7 heteroatoms. The number of hydrogen-bond donors (Lipinski definition) is 1. The zero-order chi connectivity index (χ0) is 18.4. The molecule has 0 aromatic carbocycles. The number of fused-ring (bicyclic) bond motifs is 2. The molecular formula is C20H26N4OS2. The van der Waals surface area contributed by atoms with Crippen LogP contribution in [0.4, 0.5) is 0 Å². The minimum absolute atomic E-state index is 0.258. The van der Waals surface area contributed by atoms with Crippen LogP contribution < -0.4 is 5.32 Å². The molecule has 3 fully saturated rings. The molecule has 2 aromatic heterocycles. The summed E-state index contributed by atoms with van der Waals surface area (Å²) in [5, 5.41) is 8.70. The lowest BCUT2D eigenvalue weighted by Crippen LogP contribution is -2.50. The molecule has 0 unspecified atom stereocenters. The highest BCUT2D eigenvalue weighted by Crippen LogP contribution is 2.52. The van der Waals surface area contributed by atoms with E-state index in [1.54, 1.807) is 22.7 Å². The van der Waals surface area contributed by atoms with Crippen molar-refractivity contribution in [1.82, 2.24) is 20.2 Å². The van der Waals surface area contributed by atoms with E-state index >= 15 is 0 Å². The van der Waals surface area contributed by atoms with E-state index in [9.17, 15) is 4.79 Å². The van der Waals surface area contributed by atoms with Crippen molar-refractivity contribution in [3.05, 3.63) is 32.7 Å². The van der Waals surface area contributed by atoms with Gasteiger partial charge in [-0.1, -0.05) is 0 Å². The molecule has 5 nitrogen and oxygen atoms in total. The number of carbonyl (C=O) groups excluding carboxylic acids is 1. The van der Waals surface area contributed by atoms with Crippen LogP contribution in [0.5, 0.6) is 0 Å². The molecule has 2 bridgehead atoms. The Kier molecular flexibility index (Phi) is 4.57. The third-order valence-corrected chi connectivity index (χ3v) is 8.03. The van der Waals surface area contributed by atoms with Crippen LogP contribution in [0, 0.1) is 18.3 Å². The zero-order valence-electron chi connectivity index (χ0n) is 15.7. The SMILES string of the molecule is Cc1nc(CN2[C@@H]3CC[C@H]2[C@@](Cc2cscn2)(C(=O)NCC2CC2)C3)cs1. The van der Waals surface area contributed by atoms with Crippen molar-refractivity contribution in [2.45, 2.75) is 64.1 Å². The summed E-state index contributed by atoms with van der Waals surface area (Å²) in [6.07, 6.45) is 6.55. The van der Waals surface area contributed by atoms with Gasteiger partial charge < -0.3 is 5.32 Å². The molecule has 1 saturated carbocycles. The molecule has 1 aliphatic carbocycles. The van der Waals surface area contributed by atoms with Crippen LogP contribution >= 0.6 is 22.7 Å². The van der Waals surface area contributed by atoms with Crippen molar-refractivity contribution in [2.24, 2.45) is 11.3 Å². The highest BCUT2D eigenvalue weighted by atomic mass is 32.1. The Morgan fingerprint density at radius 1 is 1.30 bits per heavy atom. The van der Waals surface area contributed by atoms with Gasteiger partial charge in [-0.15, -0.1) is 22.7 Å². The van der Waals surface area contributed by atoms with Gasteiger partial charge in [0.1, 0.15) is 0 Å². The number of aryl methyl sites for hydroxylation is 1. The maximum atomic E-state index is 13.4. The van der Waals surface area contributed by atoms with E-state index < -0.39 is 0 Å². The largest absolute Gasteiger partial charge is 0.355 e. The van der Waals surface area contributed by atoms with Crippen molar-refractivity contribution < 1.29 is 4.79 Å². The quantitative estimate of drug-likeness (QED) is 0.771. The third-order valence-electron chi connectivity index (χ3n) is 6.57. The third kappa shape index (κ3) is 3.34. The standard InChI is InChI=1S/C20H26N4OS2/c1-13-23-16(11-27-13)9-24-17-4-5-18(24)20(7-17,6-15-10-26-12-22-15)19(25)21-8-14-2-3-14/h10-12,14,17-18H,2-9H2,1H3,(H,21,25)/t17-,18+,20+/m1/s1. The van der Waals surface area contributed by atoms with Gasteiger partial charge in [0, 0.05) is 42.4 Å². The van der Waals surface area contributed by atoms with Gasteiger partial charge in [-0.3, -0.25) is 9.69 Å². The highest BCUT2D eigenvalue weighted by molar-refractivity contribution is 7.09. The Balaban J connectivity index is 1.40. The predicted molar refractivity (Wildman–Crippen MR) is 108 cm³/mol. The summed E-state index contributed by atoms with van der Waals surface area (Å²) < 4.78 is 0. The average molecular weight is 403 g/mol. The van der Waals surface area contributed by atoms with E-state index in [4.69, 9.17) is 0 Å². The number of rotatable bonds is 7. The van der Waals surface area contributed by atoms with Gasteiger partial charge in [0.2, 0.25) is 5.91 Å². The van der Waals surface area contributed by atoms with Crippen LogP contribution in [0.1, 0.15) is 48.5 Å². The number of nitrogens with zero attached hydrogens (tertiary/aromatic N) is 3. The average Bonchev–Trinajstić information content (AvgIpc) is 3.00. The molecule has 1 N–H and O–H groups in total. The van der Waals surface area contributed by atoms with Crippen LogP contribution in [0.15, 0.2) is 16.3 Å². The summed E-state index contributed by atoms with van der Waals surface area (Å²) in [6.45, 7) is 3.78. The van der Waals surface area contributed by atoms with Gasteiger partial charge in [-0.2, -0.15) is 0 Å². The fraction of sp³-hybridized carbons (Fsp3) is 0.650. The second kappa shape index (κ2) is 6.94. The number of hydrogen-bond acceptors (Lipinski definition) is 6. The lowest BCUT2D eigenvalue weighted by Gasteiger charge is -2.36.